The molecule has 0 atom stereocenters. The quantitative estimate of drug-likeness (QED) is 0.415. The summed E-state index contributed by atoms with van der Waals surface area (Å²) in [5, 5.41) is 0.711. The number of rotatable bonds is 2. The Bertz CT molecular complexity index is 377. The molecule has 0 unspecified atom stereocenters. The number of hydrogen-bond acceptors (Lipinski definition) is 5. The highest BCUT2D eigenvalue weighted by molar-refractivity contribution is 7.80. The average Bonchev–Trinajstić information content (AvgIpc) is 2.19. The van der Waals surface area contributed by atoms with Crippen molar-refractivity contribution in [1.82, 2.24) is 0 Å². The Hall–Kier alpha value is -0.890. The van der Waals surface area contributed by atoms with Crippen molar-refractivity contribution in [3.8, 4) is 0 Å². The van der Waals surface area contributed by atoms with Gasteiger partial charge in [0, 0.05) is 16.9 Å². The van der Waals surface area contributed by atoms with Gasteiger partial charge in [-0.15, -0.1) is 0 Å². The Morgan fingerprint density at radius 3 is 2.00 bits per heavy atom. The van der Waals surface area contributed by atoms with Crippen molar-refractivity contribution in [3.05, 3.63) is 29.5 Å². The first kappa shape index (κ1) is 14.1. The van der Waals surface area contributed by atoms with Gasteiger partial charge >= 0.3 is 0 Å². The maximum absolute atomic E-state index is 9.22. The Labute approximate surface area is 92.9 Å². The molecule has 0 aromatic carbocycles. The molecule has 0 saturated carbocycles. The first-order valence-corrected chi connectivity index (χ1v) is 5.33. The second-order valence-electron chi connectivity index (χ2n) is 2.13. The van der Waals surface area contributed by atoms with Crippen molar-refractivity contribution in [3.63, 3.8) is 0 Å². The van der Waals surface area contributed by atoms with Crippen molar-refractivity contribution >= 4 is 22.0 Å². The van der Waals surface area contributed by atoms with Crippen molar-refractivity contribution < 1.29 is 26.7 Å². The van der Waals surface area contributed by atoms with Crippen molar-refractivity contribution in [2.24, 2.45) is 0 Å². The number of halogens is 1. The van der Waals surface area contributed by atoms with Gasteiger partial charge in [-0.1, -0.05) is 11.6 Å². The number of nitrogens with zero attached hydrogens (tertiary/aromatic N) is 1. The zero-order chi connectivity index (χ0) is 11.9. The fraction of sp³-hybridized carbons (Fsp3) is 0.286. The van der Waals surface area contributed by atoms with Gasteiger partial charge in [-0.3, -0.25) is 9.02 Å². The molecule has 0 N–H and O–H groups in total. The second-order valence-corrected chi connectivity index (χ2v) is 3.72. The molecule has 0 spiro atoms. The molecule has 0 aliphatic heterocycles. The van der Waals surface area contributed by atoms with Crippen LogP contribution >= 0.6 is 11.6 Å². The summed E-state index contributed by atoms with van der Waals surface area (Å²) >= 11 is 5.60. The van der Waals surface area contributed by atoms with Crippen LogP contribution < -0.4 is 9.57 Å². The lowest BCUT2D eigenvalue weighted by atomic mass is 10.5. The van der Waals surface area contributed by atoms with E-state index < -0.39 is 10.4 Å². The van der Waals surface area contributed by atoms with E-state index in [1.54, 1.807) is 36.4 Å². The molecule has 8 heteroatoms. The normalized spacial score (nSPS) is 10.1. The van der Waals surface area contributed by atoms with Crippen LogP contribution in [0, 0.1) is 0 Å². The molecule has 1 rings (SSSR count). The van der Waals surface area contributed by atoms with Crippen LogP contribution in [0.5, 0.6) is 0 Å². The van der Waals surface area contributed by atoms with E-state index in [9.17, 15) is 13.0 Å². The molecule has 0 radical (unpaired) electrons. The van der Waals surface area contributed by atoms with E-state index in [0.717, 1.165) is 7.11 Å². The van der Waals surface area contributed by atoms with E-state index in [1.807, 2.05) is 0 Å². The van der Waals surface area contributed by atoms with E-state index in [4.69, 9.17) is 16.4 Å². The predicted molar refractivity (Wildman–Crippen MR) is 50.9 cm³/mol. The van der Waals surface area contributed by atoms with E-state index >= 15 is 0 Å². The van der Waals surface area contributed by atoms with Crippen LogP contribution in [-0.4, -0.2) is 27.2 Å². The Kier molecular flexibility index (Phi) is 6.18. The maximum Gasteiger partial charge on any atom is 0.223 e. The molecule has 0 saturated heterocycles. The highest BCUT2D eigenvalue weighted by Crippen LogP contribution is 2.00. The molecular weight excluding hydrogens is 246 g/mol. The molecular formula is C7H10ClNO5S. The molecule has 86 valence electrons. The van der Waals surface area contributed by atoms with Crippen LogP contribution in [0.1, 0.15) is 0 Å². The summed E-state index contributed by atoms with van der Waals surface area (Å²) < 4.78 is 32.6. The van der Waals surface area contributed by atoms with Crippen LogP contribution in [0.4, 0.5) is 0 Å². The summed E-state index contributed by atoms with van der Waals surface area (Å²) in [6.07, 6.45) is 3.48. The van der Waals surface area contributed by atoms with Crippen molar-refractivity contribution in [1.29, 1.82) is 0 Å². The molecule has 0 fully saturated rings. The van der Waals surface area contributed by atoms with Gasteiger partial charge in [0.05, 0.1) is 12.1 Å². The van der Waals surface area contributed by atoms with Crippen molar-refractivity contribution in [2.75, 3.05) is 14.2 Å². The topological polar surface area (TPSA) is 79.5 Å². The van der Waals surface area contributed by atoms with Gasteiger partial charge in [0.25, 0.3) is 0 Å². The van der Waals surface area contributed by atoms with Gasteiger partial charge in [-0.05, 0) is 0 Å². The van der Waals surface area contributed by atoms with Gasteiger partial charge < -0.3 is 4.55 Å². The fourth-order valence-electron chi connectivity index (χ4n) is 0.516. The minimum Gasteiger partial charge on any atom is -0.726 e. The summed E-state index contributed by atoms with van der Waals surface area (Å²) in [5.74, 6) is 0. The Balaban J connectivity index is 0.000000288. The van der Waals surface area contributed by atoms with E-state index in [0.29, 0.717) is 5.02 Å². The third-order valence-corrected chi connectivity index (χ3v) is 1.84. The van der Waals surface area contributed by atoms with Crippen LogP contribution in [-0.2, 0) is 14.6 Å². The van der Waals surface area contributed by atoms with Gasteiger partial charge in [0.15, 0.2) is 0 Å². The molecule has 0 bridgehead atoms. The molecule has 1 aromatic heterocycles. The minimum absolute atomic E-state index is 0.711. The fourth-order valence-corrected chi connectivity index (χ4v) is 0.629. The number of pyridine rings is 1. The SMILES string of the molecule is COS(=O)(=O)[O-].CO[n+]1ccc(Cl)cc1. The second kappa shape index (κ2) is 6.57. The summed E-state index contributed by atoms with van der Waals surface area (Å²) in [4.78, 5) is 4.83. The third kappa shape index (κ3) is 8.13. The Morgan fingerprint density at radius 1 is 1.33 bits per heavy atom. The van der Waals surface area contributed by atoms with Gasteiger partial charge in [-0.25, -0.2) is 8.42 Å². The third-order valence-electron chi connectivity index (χ3n) is 1.18. The minimum atomic E-state index is -4.41. The van der Waals surface area contributed by atoms with Crippen LogP contribution in [0.25, 0.3) is 0 Å². The molecule has 0 aliphatic rings. The number of aromatic nitrogens is 1. The van der Waals surface area contributed by atoms with Gasteiger partial charge in [0.1, 0.15) is 7.11 Å². The van der Waals surface area contributed by atoms with Crippen LogP contribution in [0.3, 0.4) is 0 Å². The summed E-state index contributed by atoms with van der Waals surface area (Å²) in [7, 11) is -2.01. The lowest BCUT2D eigenvalue weighted by Gasteiger charge is -1.98. The maximum atomic E-state index is 9.22. The standard InChI is InChI=1S/C6H7ClNO.CH4O4S/c1-9-8-4-2-6(7)3-5-8;1-5-6(2,3)4/h2-5H,1H3;1H3,(H,2,3,4)/q+1;/p-1. The summed E-state index contributed by atoms with van der Waals surface area (Å²) in [5.41, 5.74) is 0. The lowest BCUT2D eigenvalue weighted by Crippen LogP contribution is -2.39. The summed E-state index contributed by atoms with van der Waals surface area (Å²) in [6, 6.07) is 3.51. The predicted octanol–water partition coefficient (Wildman–Crippen LogP) is -0.221. The first-order valence-electron chi connectivity index (χ1n) is 3.62. The average molecular weight is 256 g/mol. The smallest absolute Gasteiger partial charge is 0.223 e. The van der Waals surface area contributed by atoms with Crippen LogP contribution in [0.15, 0.2) is 24.5 Å². The molecule has 1 heterocycles. The zero-order valence-corrected chi connectivity index (χ0v) is 9.66. The molecule has 6 nitrogen and oxygen atoms in total. The summed E-state index contributed by atoms with van der Waals surface area (Å²) in [6.45, 7) is 0. The molecule has 15 heavy (non-hydrogen) atoms. The van der Waals surface area contributed by atoms with Gasteiger partial charge in [-0.2, -0.15) is 0 Å². The zero-order valence-electron chi connectivity index (χ0n) is 8.08. The highest BCUT2D eigenvalue weighted by Gasteiger charge is 1.94. The lowest BCUT2D eigenvalue weighted by molar-refractivity contribution is -0.885. The monoisotopic (exact) mass is 255 g/mol. The molecule has 0 aliphatic carbocycles. The molecule has 0 amide bonds. The largest absolute Gasteiger partial charge is 0.726 e. The molecule has 1 aromatic rings. The number of hydrogen-bond donors (Lipinski definition) is 0. The van der Waals surface area contributed by atoms with E-state index in [-0.39, 0.29) is 0 Å². The van der Waals surface area contributed by atoms with E-state index in [2.05, 4.69) is 4.18 Å². The Morgan fingerprint density at radius 2 is 1.73 bits per heavy atom. The van der Waals surface area contributed by atoms with Gasteiger partial charge in [0.2, 0.25) is 22.8 Å². The van der Waals surface area contributed by atoms with Crippen molar-refractivity contribution in [2.45, 2.75) is 0 Å². The van der Waals surface area contributed by atoms with E-state index in [1.165, 1.54) is 0 Å². The first-order chi connectivity index (χ1) is 6.89. The highest BCUT2D eigenvalue weighted by atomic mass is 35.5. The van der Waals surface area contributed by atoms with Crippen LogP contribution in [0.2, 0.25) is 5.02 Å².